The van der Waals surface area contributed by atoms with Gasteiger partial charge >= 0.3 is 0 Å². The highest BCUT2D eigenvalue weighted by Gasteiger charge is 2.13. The average molecular weight is 414 g/mol. The van der Waals surface area contributed by atoms with Gasteiger partial charge in [0.25, 0.3) is 10.1 Å². The van der Waals surface area contributed by atoms with Crippen LogP contribution < -0.4 is 0 Å². The van der Waals surface area contributed by atoms with Crippen molar-refractivity contribution in [1.29, 1.82) is 0 Å². The molecular formula is C23H43NO3S. The van der Waals surface area contributed by atoms with E-state index >= 15 is 0 Å². The molecule has 164 valence electrons. The summed E-state index contributed by atoms with van der Waals surface area (Å²) in [6.45, 7) is 5.63. The fourth-order valence-electron chi connectivity index (χ4n) is 3.21. The van der Waals surface area contributed by atoms with Gasteiger partial charge in [0.1, 0.15) is 0 Å². The number of unbranched alkanes of at least 4 members (excludes halogenated alkanes) is 9. The summed E-state index contributed by atoms with van der Waals surface area (Å²) in [5.74, 6) is 0. The Balaban J connectivity index is 0.00000105. The number of hydrogen-bond acceptors (Lipinski definition) is 3. The highest BCUT2D eigenvalue weighted by molar-refractivity contribution is 7.85. The molecule has 4 nitrogen and oxygen atoms in total. The lowest BCUT2D eigenvalue weighted by molar-refractivity contribution is 0.408. The van der Waals surface area contributed by atoms with E-state index in [9.17, 15) is 13.0 Å². The molecule has 0 spiro atoms. The zero-order valence-electron chi connectivity index (χ0n) is 18.6. The third-order valence-electron chi connectivity index (χ3n) is 4.72. The summed E-state index contributed by atoms with van der Waals surface area (Å²) in [6.07, 6.45) is 14.6. The molecule has 1 aromatic carbocycles. The van der Waals surface area contributed by atoms with Crippen molar-refractivity contribution in [2.75, 3.05) is 20.6 Å². The quantitative estimate of drug-likeness (QED) is 0.285. The highest BCUT2D eigenvalue weighted by atomic mass is 32.2. The van der Waals surface area contributed by atoms with Crippen LogP contribution in [0, 0.1) is 0 Å². The molecule has 0 fully saturated rings. The Morgan fingerprint density at radius 2 is 1.29 bits per heavy atom. The van der Waals surface area contributed by atoms with Crippen LogP contribution in [0.1, 0.15) is 90.0 Å². The first-order chi connectivity index (χ1) is 13.3. The van der Waals surface area contributed by atoms with Crippen molar-refractivity contribution in [2.45, 2.75) is 95.8 Å². The molecule has 0 bridgehead atoms. The third kappa shape index (κ3) is 15.1. The first-order valence-electron chi connectivity index (χ1n) is 11.0. The van der Waals surface area contributed by atoms with Gasteiger partial charge in [-0.1, -0.05) is 89.8 Å². The fraction of sp³-hybridized carbons (Fsp3) is 0.739. The van der Waals surface area contributed by atoms with Gasteiger partial charge in [-0.15, -0.1) is 0 Å². The number of benzene rings is 1. The Kier molecular flexibility index (Phi) is 16.4. The Labute approximate surface area is 174 Å². The molecule has 0 saturated carbocycles. The second-order valence-corrected chi connectivity index (χ2v) is 9.21. The first kappa shape index (κ1) is 27.1. The van der Waals surface area contributed by atoms with Crippen LogP contribution in [0.3, 0.4) is 0 Å². The van der Waals surface area contributed by atoms with E-state index in [0.29, 0.717) is 6.42 Å². The third-order valence-corrected chi connectivity index (χ3v) is 5.68. The molecule has 0 aromatic heterocycles. The second kappa shape index (κ2) is 17.0. The van der Waals surface area contributed by atoms with Crippen LogP contribution in [0.25, 0.3) is 0 Å². The van der Waals surface area contributed by atoms with Gasteiger partial charge in [-0.2, -0.15) is 8.42 Å². The van der Waals surface area contributed by atoms with Gasteiger partial charge in [-0.3, -0.25) is 4.55 Å². The SMILES string of the molecule is CCCCCCCCCCCCc1ccccc1S(=O)(=O)O.CCCN(C)C. The molecule has 0 heterocycles. The van der Waals surface area contributed by atoms with E-state index < -0.39 is 10.1 Å². The highest BCUT2D eigenvalue weighted by Crippen LogP contribution is 2.18. The Morgan fingerprint density at radius 3 is 1.71 bits per heavy atom. The molecule has 0 aliphatic carbocycles. The number of rotatable bonds is 14. The summed E-state index contributed by atoms with van der Waals surface area (Å²) in [5.41, 5.74) is 0.726. The van der Waals surface area contributed by atoms with Crippen LogP contribution in [-0.4, -0.2) is 38.5 Å². The molecule has 0 amide bonds. The standard InChI is InChI=1S/C18H30O3S.C5H13N/c1-2-3-4-5-6-7-8-9-10-11-14-17-15-12-13-16-18(17)22(19,20)21;1-4-5-6(2)3/h12-13,15-16H,2-11,14H2,1H3,(H,19,20,21);4-5H2,1-3H3. The van der Waals surface area contributed by atoms with Gasteiger partial charge in [-0.05, 0) is 51.5 Å². The number of nitrogens with zero attached hydrogens (tertiary/aromatic N) is 1. The van der Waals surface area contributed by atoms with E-state index in [0.717, 1.165) is 18.4 Å². The molecule has 0 aliphatic heterocycles. The van der Waals surface area contributed by atoms with E-state index in [-0.39, 0.29) is 4.90 Å². The molecule has 0 saturated heterocycles. The minimum atomic E-state index is -4.10. The molecular weight excluding hydrogens is 370 g/mol. The van der Waals surface area contributed by atoms with Crippen molar-refractivity contribution in [2.24, 2.45) is 0 Å². The van der Waals surface area contributed by atoms with Crippen LogP contribution in [0.5, 0.6) is 0 Å². The lowest BCUT2D eigenvalue weighted by Crippen LogP contribution is -2.11. The lowest BCUT2D eigenvalue weighted by atomic mass is 10.0. The van der Waals surface area contributed by atoms with E-state index in [1.165, 1.54) is 70.4 Å². The van der Waals surface area contributed by atoms with Crippen molar-refractivity contribution in [3.8, 4) is 0 Å². The van der Waals surface area contributed by atoms with Gasteiger partial charge < -0.3 is 4.90 Å². The smallest absolute Gasteiger partial charge is 0.294 e. The number of aryl methyl sites for hydroxylation is 1. The Bertz CT molecular complexity index is 585. The summed E-state index contributed by atoms with van der Waals surface area (Å²) >= 11 is 0. The van der Waals surface area contributed by atoms with Gasteiger partial charge in [-0.25, -0.2) is 0 Å². The van der Waals surface area contributed by atoms with E-state index in [4.69, 9.17) is 0 Å². The van der Waals surface area contributed by atoms with Gasteiger partial charge in [0.05, 0.1) is 4.90 Å². The van der Waals surface area contributed by atoms with Crippen molar-refractivity contribution in [3.05, 3.63) is 29.8 Å². The summed E-state index contributed by atoms with van der Waals surface area (Å²) in [7, 11) is 0.0777. The Morgan fingerprint density at radius 1 is 0.786 bits per heavy atom. The Hall–Kier alpha value is -0.910. The lowest BCUT2D eigenvalue weighted by Gasteiger charge is -2.07. The van der Waals surface area contributed by atoms with Gasteiger partial charge in [0.2, 0.25) is 0 Å². The zero-order valence-corrected chi connectivity index (χ0v) is 19.4. The van der Waals surface area contributed by atoms with E-state index in [1.807, 2.05) is 6.07 Å². The molecule has 0 unspecified atom stereocenters. The molecule has 0 aliphatic rings. The van der Waals surface area contributed by atoms with Crippen LogP contribution in [0.4, 0.5) is 0 Å². The molecule has 1 aromatic rings. The predicted molar refractivity (Wildman–Crippen MR) is 121 cm³/mol. The normalized spacial score (nSPS) is 11.4. The molecule has 5 heteroatoms. The van der Waals surface area contributed by atoms with Crippen LogP contribution in [0.15, 0.2) is 29.2 Å². The van der Waals surface area contributed by atoms with E-state index in [1.54, 1.807) is 12.1 Å². The maximum absolute atomic E-state index is 11.3. The minimum absolute atomic E-state index is 0.0610. The van der Waals surface area contributed by atoms with Crippen molar-refractivity contribution in [3.63, 3.8) is 0 Å². The second-order valence-electron chi connectivity index (χ2n) is 7.82. The van der Waals surface area contributed by atoms with E-state index in [2.05, 4.69) is 32.8 Å². The first-order valence-corrected chi connectivity index (χ1v) is 12.5. The predicted octanol–water partition coefficient (Wildman–Crippen LogP) is 6.35. The largest absolute Gasteiger partial charge is 0.309 e. The molecule has 0 radical (unpaired) electrons. The molecule has 1 rings (SSSR count). The summed E-state index contributed by atoms with van der Waals surface area (Å²) in [6, 6.07) is 6.73. The van der Waals surface area contributed by atoms with Crippen LogP contribution >= 0.6 is 0 Å². The number of hydrogen-bond donors (Lipinski definition) is 1. The average Bonchev–Trinajstić information content (AvgIpc) is 2.63. The van der Waals surface area contributed by atoms with Gasteiger partial charge in [0, 0.05) is 0 Å². The molecule has 1 N–H and O–H groups in total. The molecule has 0 atom stereocenters. The minimum Gasteiger partial charge on any atom is -0.309 e. The maximum Gasteiger partial charge on any atom is 0.294 e. The van der Waals surface area contributed by atoms with Crippen LogP contribution in [0.2, 0.25) is 0 Å². The zero-order chi connectivity index (χ0) is 21.3. The van der Waals surface area contributed by atoms with Crippen LogP contribution in [-0.2, 0) is 16.5 Å². The summed E-state index contributed by atoms with van der Waals surface area (Å²) in [5, 5.41) is 0. The molecule has 28 heavy (non-hydrogen) atoms. The van der Waals surface area contributed by atoms with Crippen molar-refractivity contribution in [1.82, 2.24) is 4.90 Å². The van der Waals surface area contributed by atoms with Crippen molar-refractivity contribution >= 4 is 10.1 Å². The van der Waals surface area contributed by atoms with Gasteiger partial charge in [0.15, 0.2) is 0 Å². The topological polar surface area (TPSA) is 57.6 Å². The summed E-state index contributed by atoms with van der Waals surface area (Å²) in [4.78, 5) is 2.24. The summed E-state index contributed by atoms with van der Waals surface area (Å²) < 4.78 is 31.8. The van der Waals surface area contributed by atoms with Crippen molar-refractivity contribution < 1.29 is 13.0 Å². The monoisotopic (exact) mass is 413 g/mol. The maximum atomic E-state index is 11.3. The fourth-order valence-corrected chi connectivity index (χ4v) is 3.96.